The second kappa shape index (κ2) is 8.13. The molecule has 0 bridgehead atoms. The molecule has 1 aliphatic heterocycles. The topological polar surface area (TPSA) is 78.0 Å². The lowest BCUT2D eigenvalue weighted by atomic mass is 9.96. The standard InChI is InChI=1S/C22H27FN6O2/c1-14(2)29-20(25-27(4)22(29)31)16-6-5-11-28(13-16)21(30)19-12-18(24-26(19)3)15-7-9-17(23)10-8-15/h7-10,12,14,16H,5-6,11,13H2,1-4H3. The molecule has 0 saturated carbocycles. The number of amides is 1. The van der Waals surface area contributed by atoms with E-state index in [1.807, 2.05) is 18.7 Å². The largest absolute Gasteiger partial charge is 0.345 e. The molecule has 0 aliphatic carbocycles. The van der Waals surface area contributed by atoms with Gasteiger partial charge in [-0.2, -0.15) is 10.2 Å². The van der Waals surface area contributed by atoms with Gasteiger partial charge < -0.3 is 4.90 Å². The van der Waals surface area contributed by atoms with E-state index in [-0.39, 0.29) is 29.4 Å². The fourth-order valence-electron chi connectivity index (χ4n) is 4.23. The van der Waals surface area contributed by atoms with E-state index >= 15 is 0 Å². The lowest BCUT2D eigenvalue weighted by molar-refractivity contribution is 0.0691. The third kappa shape index (κ3) is 3.92. The van der Waals surface area contributed by atoms with E-state index in [1.54, 1.807) is 41.5 Å². The van der Waals surface area contributed by atoms with Crippen molar-refractivity contribution in [2.24, 2.45) is 14.1 Å². The van der Waals surface area contributed by atoms with Gasteiger partial charge in [-0.15, -0.1) is 0 Å². The molecule has 1 amide bonds. The van der Waals surface area contributed by atoms with Crippen LogP contribution in [-0.2, 0) is 14.1 Å². The second-order valence-electron chi connectivity index (χ2n) is 8.36. The Morgan fingerprint density at radius 1 is 1.13 bits per heavy atom. The van der Waals surface area contributed by atoms with Crippen LogP contribution in [0.3, 0.4) is 0 Å². The zero-order chi connectivity index (χ0) is 22.3. The number of aryl methyl sites for hydroxylation is 2. The number of halogens is 1. The van der Waals surface area contributed by atoms with Gasteiger partial charge in [0.1, 0.15) is 17.3 Å². The maximum atomic E-state index is 13.3. The average Bonchev–Trinajstić information content (AvgIpc) is 3.28. The van der Waals surface area contributed by atoms with Gasteiger partial charge in [-0.25, -0.2) is 13.9 Å². The van der Waals surface area contributed by atoms with Crippen LogP contribution in [0, 0.1) is 5.82 Å². The lowest BCUT2D eigenvalue weighted by Gasteiger charge is -2.32. The molecule has 8 nitrogen and oxygen atoms in total. The molecule has 1 saturated heterocycles. The molecule has 0 spiro atoms. The molecule has 3 heterocycles. The highest BCUT2D eigenvalue weighted by molar-refractivity contribution is 5.93. The summed E-state index contributed by atoms with van der Waals surface area (Å²) in [4.78, 5) is 27.6. The van der Waals surface area contributed by atoms with Crippen LogP contribution in [-0.4, -0.2) is 48.0 Å². The van der Waals surface area contributed by atoms with Gasteiger partial charge in [0.2, 0.25) is 0 Å². The molecule has 1 aliphatic rings. The molecule has 31 heavy (non-hydrogen) atoms. The molecule has 0 N–H and O–H groups in total. The van der Waals surface area contributed by atoms with Crippen LogP contribution < -0.4 is 5.69 Å². The van der Waals surface area contributed by atoms with E-state index in [9.17, 15) is 14.0 Å². The SMILES string of the molecule is CC(C)n1c(C2CCCN(C(=O)c3cc(-c4ccc(F)cc4)nn3C)C2)nn(C)c1=O. The van der Waals surface area contributed by atoms with E-state index in [1.165, 1.54) is 16.8 Å². The van der Waals surface area contributed by atoms with Crippen molar-refractivity contribution in [3.05, 3.63) is 58.2 Å². The summed E-state index contributed by atoms with van der Waals surface area (Å²) in [6.45, 7) is 5.07. The van der Waals surface area contributed by atoms with Gasteiger partial charge in [0.25, 0.3) is 5.91 Å². The van der Waals surface area contributed by atoms with E-state index in [0.717, 1.165) is 24.2 Å². The van der Waals surface area contributed by atoms with Crippen molar-refractivity contribution < 1.29 is 9.18 Å². The van der Waals surface area contributed by atoms with Gasteiger partial charge in [-0.3, -0.25) is 14.0 Å². The first-order chi connectivity index (χ1) is 14.8. The summed E-state index contributed by atoms with van der Waals surface area (Å²) in [5.41, 5.74) is 1.71. The van der Waals surface area contributed by atoms with Crippen LogP contribution in [0.15, 0.2) is 35.1 Å². The zero-order valence-electron chi connectivity index (χ0n) is 18.2. The fraction of sp³-hybridized carbons (Fsp3) is 0.455. The Hall–Kier alpha value is -3.23. The molecular formula is C22H27FN6O2. The second-order valence-corrected chi connectivity index (χ2v) is 8.36. The minimum Gasteiger partial charge on any atom is -0.337 e. The molecule has 1 unspecified atom stereocenters. The van der Waals surface area contributed by atoms with E-state index < -0.39 is 0 Å². The number of piperidine rings is 1. The number of carbonyl (C=O) groups is 1. The first kappa shape index (κ1) is 21.0. The Morgan fingerprint density at radius 3 is 2.52 bits per heavy atom. The molecule has 3 aromatic rings. The maximum Gasteiger partial charge on any atom is 0.345 e. The Bertz CT molecular complexity index is 1160. The van der Waals surface area contributed by atoms with Gasteiger partial charge in [-0.1, -0.05) is 0 Å². The predicted octanol–water partition coefficient (Wildman–Crippen LogP) is 2.72. The average molecular weight is 426 g/mol. The van der Waals surface area contributed by atoms with Gasteiger partial charge in [0.05, 0.1) is 5.69 Å². The number of benzene rings is 1. The minimum absolute atomic E-state index is 0.00111. The molecule has 4 rings (SSSR count). The van der Waals surface area contributed by atoms with Gasteiger partial charge in [0, 0.05) is 44.7 Å². The lowest BCUT2D eigenvalue weighted by Crippen LogP contribution is -2.41. The third-order valence-corrected chi connectivity index (χ3v) is 5.81. The highest BCUT2D eigenvalue weighted by Gasteiger charge is 2.31. The maximum absolute atomic E-state index is 13.3. The normalized spacial score (nSPS) is 16.8. The highest BCUT2D eigenvalue weighted by atomic mass is 19.1. The summed E-state index contributed by atoms with van der Waals surface area (Å²) in [7, 11) is 3.39. The molecule has 2 aromatic heterocycles. The number of hydrogen-bond donors (Lipinski definition) is 0. The third-order valence-electron chi connectivity index (χ3n) is 5.81. The molecule has 0 radical (unpaired) electrons. The van der Waals surface area contributed by atoms with E-state index in [2.05, 4.69) is 10.2 Å². The van der Waals surface area contributed by atoms with Crippen molar-refractivity contribution in [2.75, 3.05) is 13.1 Å². The van der Waals surface area contributed by atoms with Crippen molar-refractivity contribution in [1.82, 2.24) is 29.0 Å². The highest BCUT2D eigenvalue weighted by Crippen LogP contribution is 2.28. The quantitative estimate of drug-likeness (QED) is 0.643. The molecule has 9 heteroatoms. The predicted molar refractivity (Wildman–Crippen MR) is 114 cm³/mol. The number of aromatic nitrogens is 5. The first-order valence-corrected chi connectivity index (χ1v) is 10.5. The monoisotopic (exact) mass is 426 g/mol. The Kier molecular flexibility index (Phi) is 5.51. The van der Waals surface area contributed by atoms with Crippen LogP contribution in [0.5, 0.6) is 0 Å². The van der Waals surface area contributed by atoms with Crippen LogP contribution in [0.1, 0.15) is 55.0 Å². The van der Waals surface area contributed by atoms with Crippen LogP contribution in [0.25, 0.3) is 11.3 Å². The Morgan fingerprint density at radius 2 is 1.84 bits per heavy atom. The van der Waals surface area contributed by atoms with Crippen molar-refractivity contribution in [2.45, 2.75) is 38.6 Å². The molecule has 164 valence electrons. The summed E-state index contributed by atoms with van der Waals surface area (Å²) < 4.78 is 17.9. The van der Waals surface area contributed by atoms with E-state index in [0.29, 0.717) is 24.5 Å². The Balaban J connectivity index is 1.58. The van der Waals surface area contributed by atoms with Crippen molar-refractivity contribution in [1.29, 1.82) is 0 Å². The van der Waals surface area contributed by atoms with E-state index in [4.69, 9.17) is 0 Å². The van der Waals surface area contributed by atoms with Crippen molar-refractivity contribution in [3.8, 4) is 11.3 Å². The van der Waals surface area contributed by atoms with Gasteiger partial charge >= 0.3 is 5.69 Å². The molecule has 1 fully saturated rings. The first-order valence-electron chi connectivity index (χ1n) is 10.5. The van der Waals surface area contributed by atoms with Crippen molar-refractivity contribution >= 4 is 5.91 Å². The van der Waals surface area contributed by atoms with Crippen LogP contribution >= 0.6 is 0 Å². The summed E-state index contributed by atoms with van der Waals surface area (Å²) in [6, 6.07) is 7.79. The summed E-state index contributed by atoms with van der Waals surface area (Å²) in [5.74, 6) is 0.308. The number of hydrogen-bond acceptors (Lipinski definition) is 4. The Labute approximate surface area is 179 Å². The summed E-state index contributed by atoms with van der Waals surface area (Å²) >= 11 is 0. The fourth-order valence-corrected chi connectivity index (χ4v) is 4.23. The number of carbonyl (C=O) groups excluding carboxylic acids is 1. The smallest absolute Gasteiger partial charge is 0.337 e. The number of rotatable bonds is 4. The minimum atomic E-state index is -0.315. The van der Waals surface area contributed by atoms with Crippen molar-refractivity contribution in [3.63, 3.8) is 0 Å². The number of nitrogens with zero attached hydrogens (tertiary/aromatic N) is 6. The van der Waals surface area contributed by atoms with Gasteiger partial charge in [0.15, 0.2) is 0 Å². The molecular weight excluding hydrogens is 399 g/mol. The molecule has 1 atom stereocenters. The van der Waals surface area contributed by atoms with Crippen LogP contribution in [0.2, 0.25) is 0 Å². The van der Waals surface area contributed by atoms with Gasteiger partial charge in [-0.05, 0) is 57.0 Å². The number of likely N-dealkylation sites (tertiary alicyclic amines) is 1. The van der Waals surface area contributed by atoms with Crippen LogP contribution in [0.4, 0.5) is 4.39 Å². The summed E-state index contributed by atoms with van der Waals surface area (Å²) in [6.07, 6.45) is 1.71. The summed E-state index contributed by atoms with van der Waals surface area (Å²) in [5, 5.41) is 8.91. The molecule has 1 aromatic carbocycles. The zero-order valence-corrected chi connectivity index (χ0v) is 18.2.